The minimum Gasteiger partial charge on any atom is -0.491 e. The van der Waals surface area contributed by atoms with E-state index in [-0.39, 0.29) is 55.7 Å². The van der Waals surface area contributed by atoms with E-state index in [0.717, 1.165) is 24.1 Å². The number of hydrogen-bond donors (Lipinski definition) is 4. The number of nitrogens with one attached hydrogen (secondary N) is 4. The number of fused-ring (bicyclic) bond motifs is 1. The first-order chi connectivity index (χ1) is 22.9. The largest absolute Gasteiger partial charge is 0.491 e. The molecule has 4 N–H and O–H groups in total. The van der Waals surface area contributed by atoms with Crippen LogP contribution < -0.4 is 26.0 Å². The highest BCUT2D eigenvalue weighted by atomic mass is 16.5. The summed E-state index contributed by atoms with van der Waals surface area (Å²) in [7, 11) is 1.50. The Bertz CT molecular complexity index is 1510. The van der Waals surface area contributed by atoms with Gasteiger partial charge in [-0.05, 0) is 48.9 Å². The minimum atomic E-state index is -1.09. The number of likely N-dealkylation sites (N-methyl/N-ethyl adjacent to an activating group) is 1. The summed E-state index contributed by atoms with van der Waals surface area (Å²) in [6.07, 6.45) is 1.20. The average Bonchev–Trinajstić information content (AvgIpc) is 3.46. The van der Waals surface area contributed by atoms with Crippen LogP contribution in [-0.4, -0.2) is 90.1 Å². The molecule has 0 bridgehead atoms. The lowest BCUT2D eigenvalue weighted by molar-refractivity contribution is -0.139. The normalized spacial score (nSPS) is 21.8. The highest BCUT2D eigenvalue weighted by Gasteiger charge is 2.30. The van der Waals surface area contributed by atoms with Crippen LogP contribution in [0.5, 0.6) is 5.75 Å². The number of nitrogens with zero attached hydrogens (tertiary/aromatic N) is 2. The Labute approximate surface area is 281 Å². The quantitative estimate of drug-likeness (QED) is 0.364. The molecule has 3 atom stereocenters. The summed E-state index contributed by atoms with van der Waals surface area (Å²) in [6, 6.07) is 11.7. The van der Waals surface area contributed by atoms with Crippen molar-refractivity contribution in [1.82, 2.24) is 31.1 Å². The van der Waals surface area contributed by atoms with Crippen molar-refractivity contribution in [3.8, 4) is 5.75 Å². The lowest BCUT2D eigenvalue weighted by Gasteiger charge is -2.28. The van der Waals surface area contributed by atoms with Gasteiger partial charge in [0.15, 0.2) is 0 Å². The monoisotopic (exact) mass is 662 g/mol. The van der Waals surface area contributed by atoms with Crippen LogP contribution in [0.1, 0.15) is 67.9 Å². The summed E-state index contributed by atoms with van der Waals surface area (Å²) >= 11 is 0. The maximum atomic E-state index is 13.6. The van der Waals surface area contributed by atoms with Gasteiger partial charge < -0.3 is 35.8 Å². The smallest absolute Gasteiger partial charge is 0.255 e. The van der Waals surface area contributed by atoms with Crippen molar-refractivity contribution in [2.24, 2.45) is 5.92 Å². The van der Waals surface area contributed by atoms with Gasteiger partial charge in [-0.15, -0.1) is 0 Å². The Morgan fingerprint density at radius 2 is 1.71 bits per heavy atom. The molecule has 0 aromatic heterocycles. The fourth-order valence-electron chi connectivity index (χ4n) is 5.67. The fraction of sp³-hybridized carbons (Fsp3) is 0.486. The molecule has 0 spiro atoms. The van der Waals surface area contributed by atoms with Crippen LogP contribution in [0.15, 0.2) is 48.5 Å². The zero-order valence-electron chi connectivity index (χ0n) is 28.0. The summed E-state index contributed by atoms with van der Waals surface area (Å²) in [5.74, 6) is -2.25. The van der Waals surface area contributed by atoms with E-state index in [1.807, 2.05) is 29.2 Å². The van der Waals surface area contributed by atoms with E-state index in [4.69, 9.17) is 4.74 Å². The van der Waals surface area contributed by atoms with Gasteiger partial charge in [0.2, 0.25) is 29.5 Å². The Balaban J connectivity index is 1.53. The molecule has 0 aliphatic carbocycles. The summed E-state index contributed by atoms with van der Waals surface area (Å²) < 4.78 is 5.90. The number of amides is 6. The van der Waals surface area contributed by atoms with E-state index in [2.05, 4.69) is 21.3 Å². The third kappa shape index (κ3) is 10.0. The molecule has 4 rings (SSSR count). The molecule has 0 radical (unpaired) electrons. The molecular weight excluding hydrogens is 616 g/mol. The molecule has 2 heterocycles. The van der Waals surface area contributed by atoms with Gasteiger partial charge in [-0.2, -0.15) is 0 Å². The topological polar surface area (TPSA) is 166 Å². The Hall–Kier alpha value is -4.94. The van der Waals surface area contributed by atoms with Gasteiger partial charge >= 0.3 is 0 Å². The molecule has 2 aromatic rings. The number of likely N-dealkylation sites (tertiary alicyclic amines) is 1. The molecule has 2 aromatic carbocycles. The molecule has 1 saturated heterocycles. The van der Waals surface area contributed by atoms with Crippen LogP contribution in [0, 0.1) is 5.92 Å². The molecular formula is C35H46N6O7. The van der Waals surface area contributed by atoms with Crippen LogP contribution in [0.4, 0.5) is 0 Å². The number of hydrogen-bond acceptors (Lipinski definition) is 7. The SMILES string of the molecule is CC(C)[C@@H]1NC(=O)CC[C@@H](C(=O)NCc2cccc(CN3CCCC3=O)c2)NC(=O)c2ccccc2OC[C@H](C)NC(=O)CN(C)C1=O. The summed E-state index contributed by atoms with van der Waals surface area (Å²) in [5, 5.41) is 11.2. The van der Waals surface area contributed by atoms with Crippen molar-refractivity contribution < 1.29 is 33.5 Å². The van der Waals surface area contributed by atoms with Crippen molar-refractivity contribution in [2.45, 2.75) is 77.7 Å². The van der Waals surface area contributed by atoms with E-state index in [1.54, 1.807) is 45.0 Å². The second-order valence-corrected chi connectivity index (χ2v) is 12.8. The molecule has 1 fully saturated rings. The van der Waals surface area contributed by atoms with E-state index in [9.17, 15) is 28.8 Å². The van der Waals surface area contributed by atoms with Crippen LogP contribution in [0.2, 0.25) is 0 Å². The van der Waals surface area contributed by atoms with Crippen molar-refractivity contribution in [3.63, 3.8) is 0 Å². The van der Waals surface area contributed by atoms with E-state index in [0.29, 0.717) is 13.0 Å². The van der Waals surface area contributed by atoms with Gasteiger partial charge in [0.1, 0.15) is 24.4 Å². The minimum absolute atomic E-state index is 0.0438. The molecule has 258 valence electrons. The second-order valence-electron chi connectivity index (χ2n) is 12.8. The number of ether oxygens (including phenoxy) is 1. The number of benzene rings is 2. The molecule has 0 saturated carbocycles. The standard InChI is InChI=1S/C35H46N6O7/c1-22(2)32-35(47)40(4)20-30(43)37-23(3)21-48-28-12-6-5-11-26(28)33(45)38-27(14-15-29(42)39-32)34(46)36-18-24-9-7-10-25(17-24)19-41-16-8-13-31(41)44/h5-7,9-12,17,22-23,27,32H,8,13-16,18-21H2,1-4H3,(H,36,46)(H,37,43)(H,38,45)(H,39,42)/t23-,27-,32-/m0/s1. The van der Waals surface area contributed by atoms with Gasteiger partial charge in [0.05, 0.1) is 18.2 Å². The van der Waals surface area contributed by atoms with Gasteiger partial charge in [-0.25, -0.2) is 0 Å². The number of carbonyl (C=O) groups excluding carboxylic acids is 6. The predicted octanol–water partition coefficient (Wildman–Crippen LogP) is 1.50. The summed E-state index contributed by atoms with van der Waals surface area (Å²) in [5.41, 5.74) is 1.96. The van der Waals surface area contributed by atoms with Gasteiger partial charge in [0, 0.05) is 39.5 Å². The van der Waals surface area contributed by atoms with E-state index >= 15 is 0 Å². The molecule has 0 unspecified atom stereocenters. The summed E-state index contributed by atoms with van der Waals surface area (Å²) in [4.78, 5) is 81.3. The highest BCUT2D eigenvalue weighted by molar-refractivity contribution is 6.00. The Morgan fingerprint density at radius 3 is 2.44 bits per heavy atom. The maximum Gasteiger partial charge on any atom is 0.255 e. The van der Waals surface area contributed by atoms with Gasteiger partial charge in [-0.3, -0.25) is 28.8 Å². The maximum absolute atomic E-state index is 13.6. The van der Waals surface area contributed by atoms with Gasteiger partial charge in [0.25, 0.3) is 5.91 Å². The molecule has 48 heavy (non-hydrogen) atoms. The lowest BCUT2D eigenvalue weighted by Crippen LogP contribution is -2.53. The van der Waals surface area contributed by atoms with Crippen LogP contribution in [0.25, 0.3) is 0 Å². The molecule has 6 amide bonds. The Kier molecular flexibility index (Phi) is 12.5. The van der Waals surface area contributed by atoms with Crippen molar-refractivity contribution in [1.29, 1.82) is 0 Å². The summed E-state index contributed by atoms with van der Waals surface area (Å²) in [6.45, 7) is 6.52. The van der Waals surface area contributed by atoms with Crippen LogP contribution in [-0.2, 0) is 37.1 Å². The molecule has 13 heteroatoms. The highest BCUT2D eigenvalue weighted by Crippen LogP contribution is 2.19. The van der Waals surface area contributed by atoms with Gasteiger partial charge in [-0.1, -0.05) is 50.2 Å². The number of para-hydroxylation sites is 1. The second kappa shape index (κ2) is 16.8. The van der Waals surface area contributed by atoms with Crippen molar-refractivity contribution in [2.75, 3.05) is 26.7 Å². The lowest BCUT2D eigenvalue weighted by atomic mass is 10.0. The third-order valence-electron chi connectivity index (χ3n) is 8.32. The molecule has 13 nitrogen and oxygen atoms in total. The fourth-order valence-corrected chi connectivity index (χ4v) is 5.67. The first-order valence-electron chi connectivity index (χ1n) is 16.4. The first-order valence-corrected chi connectivity index (χ1v) is 16.4. The van der Waals surface area contributed by atoms with E-state index < -0.39 is 47.7 Å². The predicted molar refractivity (Wildman–Crippen MR) is 177 cm³/mol. The zero-order valence-corrected chi connectivity index (χ0v) is 28.0. The van der Waals surface area contributed by atoms with Crippen LogP contribution in [0.3, 0.4) is 0 Å². The number of rotatable bonds is 6. The number of carbonyl (C=O) groups is 6. The Morgan fingerprint density at radius 1 is 0.958 bits per heavy atom. The third-order valence-corrected chi connectivity index (χ3v) is 8.32. The van der Waals surface area contributed by atoms with Crippen molar-refractivity contribution >= 4 is 35.4 Å². The van der Waals surface area contributed by atoms with E-state index in [1.165, 1.54) is 11.9 Å². The molecule has 2 aliphatic heterocycles. The molecule has 2 aliphatic rings. The van der Waals surface area contributed by atoms with Crippen molar-refractivity contribution in [3.05, 3.63) is 65.2 Å². The first kappa shape index (κ1) is 35.9. The zero-order chi connectivity index (χ0) is 34.8. The van der Waals surface area contributed by atoms with Crippen LogP contribution >= 0.6 is 0 Å². The average molecular weight is 663 g/mol.